The van der Waals surface area contributed by atoms with Gasteiger partial charge >= 0.3 is 0 Å². The van der Waals surface area contributed by atoms with Crippen molar-refractivity contribution < 1.29 is 4.79 Å². The summed E-state index contributed by atoms with van der Waals surface area (Å²) in [7, 11) is 1.73. The smallest absolute Gasteiger partial charge is 0.236 e. The number of likely N-dealkylation sites (N-methyl/N-ethyl adjacent to an activating group) is 1. The van der Waals surface area contributed by atoms with E-state index in [1.165, 1.54) is 11.3 Å². The minimum absolute atomic E-state index is 0. The number of carbonyl (C=O) groups is 1. The Morgan fingerprint density at radius 1 is 1.64 bits per heavy atom. The first kappa shape index (κ1) is 13.7. The van der Waals surface area contributed by atoms with Crippen molar-refractivity contribution in [2.45, 2.75) is 6.54 Å². The first-order valence-electron chi connectivity index (χ1n) is 3.81. The molecule has 0 saturated carbocycles. The summed E-state index contributed by atoms with van der Waals surface area (Å²) in [5, 5.41) is 0. The molecule has 14 heavy (non-hydrogen) atoms. The molecule has 0 aliphatic heterocycles. The van der Waals surface area contributed by atoms with Crippen LogP contribution in [-0.4, -0.2) is 24.4 Å². The Morgan fingerprint density at radius 2 is 2.29 bits per heavy atom. The maximum absolute atomic E-state index is 11.1. The van der Waals surface area contributed by atoms with Crippen LogP contribution in [0.15, 0.2) is 12.1 Å². The molecule has 0 spiro atoms. The molecule has 0 aromatic carbocycles. The fourth-order valence-corrected chi connectivity index (χ4v) is 2.06. The molecule has 1 aromatic rings. The highest BCUT2D eigenvalue weighted by Gasteiger charge is 2.07. The van der Waals surface area contributed by atoms with Gasteiger partial charge in [-0.2, -0.15) is 0 Å². The zero-order valence-corrected chi connectivity index (χ0v) is 10.1. The maximum atomic E-state index is 11.1. The summed E-state index contributed by atoms with van der Waals surface area (Å²) in [6.07, 6.45) is 0. The van der Waals surface area contributed by atoms with E-state index < -0.39 is 0 Å². The maximum Gasteiger partial charge on any atom is 0.236 e. The second-order valence-electron chi connectivity index (χ2n) is 2.66. The number of thiophene rings is 1. The van der Waals surface area contributed by atoms with Gasteiger partial charge in [-0.15, -0.1) is 23.7 Å². The van der Waals surface area contributed by atoms with Crippen molar-refractivity contribution in [1.29, 1.82) is 0 Å². The first-order valence-corrected chi connectivity index (χ1v) is 5.01. The average Bonchev–Trinajstić information content (AvgIpc) is 2.49. The lowest BCUT2D eigenvalue weighted by Crippen LogP contribution is -2.31. The summed E-state index contributed by atoms with van der Waals surface area (Å²) in [5.74, 6) is -0.0653. The third-order valence-electron chi connectivity index (χ3n) is 1.62. The van der Waals surface area contributed by atoms with Crippen molar-refractivity contribution in [2.75, 3.05) is 13.6 Å². The Bertz CT molecular complexity index is 303. The average molecular weight is 255 g/mol. The highest BCUT2D eigenvalue weighted by Crippen LogP contribution is 2.22. The molecule has 0 atom stereocenters. The van der Waals surface area contributed by atoms with Crippen LogP contribution in [0.5, 0.6) is 0 Å². The third-order valence-corrected chi connectivity index (χ3v) is 2.84. The van der Waals surface area contributed by atoms with E-state index >= 15 is 0 Å². The normalized spacial score (nSPS) is 9.36. The molecule has 1 heterocycles. The van der Waals surface area contributed by atoms with Gasteiger partial charge in [0.05, 0.1) is 17.4 Å². The molecular weight excluding hydrogens is 243 g/mol. The molecule has 6 heteroatoms. The molecular formula is C8H12Cl2N2OS. The van der Waals surface area contributed by atoms with Crippen LogP contribution in [0.2, 0.25) is 4.34 Å². The molecule has 0 radical (unpaired) electrons. The zero-order chi connectivity index (χ0) is 9.84. The number of carbonyl (C=O) groups excluding carboxylic acids is 1. The highest BCUT2D eigenvalue weighted by atomic mass is 35.5. The van der Waals surface area contributed by atoms with Gasteiger partial charge in [-0.25, -0.2) is 0 Å². The van der Waals surface area contributed by atoms with Gasteiger partial charge in [0.15, 0.2) is 0 Å². The number of hydrogen-bond acceptors (Lipinski definition) is 3. The van der Waals surface area contributed by atoms with Crippen LogP contribution in [0.25, 0.3) is 0 Å². The van der Waals surface area contributed by atoms with E-state index in [9.17, 15) is 4.79 Å². The Morgan fingerprint density at radius 3 is 2.71 bits per heavy atom. The van der Waals surface area contributed by atoms with Crippen molar-refractivity contribution in [3.8, 4) is 0 Å². The molecule has 2 N–H and O–H groups in total. The minimum Gasteiger partial charge on any atom is -0.340 e. The van der Waals surface area contributed by atoms with E-state index in [2.05, 4.69) is 0 Å². The number of nitrogens with two attached hydrogens (primary N) is 1. The van der Waals surface area contributed by atoms with E-state index in [-0.39, 0.29) is 24.9 Å². The van der Waals surface area contributed by atoms with Crippen LogP contribution in [0, 0.1) is 0 Å². The monoisotopic (exact) mass is 254 g/mol. The summed E-state index contributed by atoms with van der Waals surface area (Å²) in [4.78, 5) is 13.7. The van der Waals surface area contributed by atoms with E-state index in [1.807, 2.05) is 12.1 Å². The van der Waals surface area contributed by atoms with Crippen LogP contribution < -0.4 is 5.73 Å². The molecule has 0 aliphatic rings. The Balaban J connectivity index is 0.00000169. The number of rotatable bonds is 3. The van der Waals surface area contributed by atoms with Gasteiger partial charge in [-0.1, -0.05) is 11.6 Å². The summed E-state index contributed by atoms with van der Waals surface area (Å²) < 4.78 is 0.739. The molecule has 1 rings (SSSR count). The number of hydrogen-bond donors (Lipinski definition) is 1. The molecule has 1 amide bonds. The zero-order valence-electron chi connectivity index (χ0n) is 7.70. The summed E-state index contributed by atoms with van der Waals surface area (Å²) in [5.41, 5.74) is 5.22. The summed E-state index contributed by atoms with van der Waals surface area (Å²) >= 11 is 7.22. The Kier molecular flexibility index (Phi) is 6.11. The van der Waals surface area contributed by atoms with E-state index in [0.717, 1.165) is 9.21 Å². The van der Waals surface area contributed by atoms with Crippen molar-refractivity contribution in [3.05, 3.63) is 21.3 Å². The molecule has 0 aliphatic carbocycles. The van der Waals surface area contributed by atoms with Crippen LogP contribution in [0.1, 0.15) is 4.88 Å². The highest BCUT2D eigenvalue weighted by molar-refractivity contribution is 7.16. The summed E-state index contributed by atoms with van der Waals surface area (Å²) in [6.45, 7) is 0.628. The number of halogens is 2. The van der Waals surface area contributed by atoms with Crippen molar-refractivity contribution >= 4 is 41.3 Å². The topological polar surface area (TPSA) is 46.3 Å². The van der Waals surface area contributed by atoms with Crippen LogP contribution >= 0.6 is 35.3 Å². The molecule has 0 fully saturated rings. The van der Waals surface area contributed by atoms with Gasteiger partial charge in [-0.3, -0.25) is 4.79 Å². The lowest BCUT2D eigenvalue weighted by atomic mass is 10.4. The van der Waals surface area contributed by atoms with Crippen LogP contribution in [0.4, 0.5) is 0 Å². The van der Waals surface area contributed by atoms with Crippen LogP contribution in [0.3, 0.4) is 0 Å². The predicted molar refractivity (Wildman–Crippen MR) is 62.1 cm³/mol. The minimum atomic E-state index is -0.0653. The largest absolute Gasteiger partial charge is 0.340 e. The molecule has 0 saturated heterocycles. The SMILES string of the molecule is CN(Cc1ccc(Cl)s1)C(=O)CN.Cl. The molecule has 3 nitrogen and oxygen atoms in total. The lowest BCUT2D eigenvalue weighted by molar-refractivity contribution is -0.128. The van der Waals surface area contributed by atoms with Gasteiger partial charge in [-0.05, 0) is 12.1 Å². The fraction of sp³-hybridized carbons (Fsp3) is 0.375. The quantitative estimate of drug-likeness (QED) is 0.894. The van der Waals surface area contributed by atoms with Gasteiger partial charge in [0.1, 0.15) is 0 Å². The van der Waals surface area contributed by atoms with E-state index in [0.29, 0.717) is 6.54 Å². The molecule has 80 valence electrons. The molecule has 0 unspecified atom stereocenters. The van der Waals surface area contributed by atoms with Gasteiger partial charge in [0.2, 0.25) is 5.91 Å². The Hall–Kier alpha value is -0.290. The lowest BCUT2D eigenvalue weighted by Gasteiger charge is -2.14. The fourth-order valence-electron chi connectivity index (χ4n) is 0.914. The Labute approximate surface area is 98.2 Å². The van der Waals surface area contributed by atoms with Crippen molar-refractivity contribution in [1.82, 2.24) is 4.90 Å². The van der Waals surface area contributed by atoms with Crippen LogP contribution in [-0.2, 0) is 11.3 Å². The number of amides is 1. The molecule has 0 bridgehead atoms. The second-order valence-corrected chi connectivity index (χ2v) is 4.46. The predicted octanol–water partition coefficient (Wildman–Crippen LogP) is 1.74. The molecule has 1 aromatic heterocycles. The van der Waals surface area contributed by atoms with Gasteiger partial charge in [0.25, 0.3) is 0 Å². The van der Waals surface area contributed by atoms with Crippen molar-refractivity contribution in [2.24, 2.45) is 5.73 Å². The van der Waals surface area contributed by atoms with E-state index in [1.54, 1.807) is 11.9 Å². The number of nitrogens with zero attached hydrogens (tertiary/aromatic N) is 1. The third kappa shape index (κ3) is 3.84. The first-order chi connectivity index (χ1) is 6.13. The van der Waals surface area contributed by atoms with Gasteiger partial charge in [0, 0.05) is 11.9 Å². The summed E-state index contributed by atoms with van der Waals surface area (Å²) in [6, 6.07) is 3.73. The van der Waals surface area contributed by atoms with Gasteiger partial charge < -0.3 is 10.6 Å². The second kappa shape index (κ2) is 6.24. The van der Waals surface area contributed by atoms with E-state index in [4.69, 9.17) is 17.3 Å². The van der Waals surface area contributed by atoms with Crippen molar-refractivity contribution in [3.63, 3.8) is 0 Å². The standard InChI is InChI=1S/C8H11ClN2OS.ClH/c1-11(8(12)4-10)5-6-2-3-7(9)13-6;/h2-3H,4-5,10H2,1H3;1H.